The number of nitro groups is 1. The normalized spacial score (nSPS) is 10.2. The first-order valence-corrected chi connectivity index (χ1v) is 6.66. The van der Waals surface area contributed by atoms with Gasteiger partial charge in [0.1, 0.15) is 5.69 Å². The van der Waals surface area contributed by atoms with Gasteiger partial charge in [-0.25, -0.2) is 4.98 Å². The Hall–Kier alpha value is -2.48. The second-order valence-corrected chi connectivity index (χ2v) is 4.94. The Balaban J connectivity index is 2.10. The van der Waals surface area contributed by atoms with Crippen LogP contribution in [0.1, 0.15) is 15.4 Å². The van der Waals surface area contributed by atoms with Gasteiger partial charge in [0.05, 0.1) is 9.93 Å². The van der Waals surface area contributed by atoms with E-state index in [9.17, 15) is 14.9 Å². The molecule has 0 radical (unpaired) electrons. The zero-order valence-electron chi connectivity index (χ0n) is 10.4. The maximum atomic E-state index is 11.0. The van der Waals surface area contributed by atoms with Gasteiger partial charge in [-0.05, 0) is 12.1 Å². The van der Waals surface area contributed by atoms with Crippen LogP contribution in [0.25, 0.3) is 0 Å². The molecule has 8 heteroatoms. The number of carbonyl (C=O) groups is 1. The average molecular weight is 292 g/mol. The zero-order valence-corrected chi connectivity index (χ0v) is 11.2. The molecule has 0 saturated carbocycles. The third kappa shape index (κ3) is 3.29. The number of thiazole rings is 1. The summed E-state index contributed by atoms with van der Waals surface area (Å²) in [6, 6.07) is 4.12. The Bertz CT molecular complexity index is 628. The van der Waals surface area contributed by atoms with E-state index in [0.29, 0.717) is 18.7 Å². The van der Waals surface area contributed by atoms with E-state index in [1.54, 1.807) is 6.20 Å². The van der Waals surface area contributed by atoms with E-state index in [4.69, 9.17) is 5.73 Å². The molecule has 2 rings (SSSR count). The number of nitrogens with one attached hydrogen (secondary N) is 1. The molecule has 0 unspecified atom stereocenters. The predicted octanol–water partition coefficient (Wildman–Crippen LogP) is 1.80. The largest absolute Gasteiger partial charge is 0.379 e. The molecular formula is C12H12N4O3S. The molecular weight excluding hydrogens is 280 g/mol. The summed E-state index contributed by atoms with van der Waals surface area (Å²) < 4.78 is 0. The van der Waals surface area contributed by atoms with Crippen molar-refractivity contribution in [3.8, 4) is 0 Å². The molecule has 0 fully saturated rings. The van der Waals surface area contributed by atoms with Gasteiger partial charge in [0.2, 0.25) is 5.91 Å². The Morgan fingerprint density at radius 3 is 2.90 bits per heavy atom. The molecule has 0 saturated heterocycles. The van der Waals surface area contributed by atoms with Gasteiger partial charge in [0, 0.05) is 36.2 Å². The maximum absolute atomic E-state index is 11.0. The standard InChI is InChI=1S/C12H12N4O3S/c13-12(17)8-1-2-9(10(7-8)16(18)19)14-4-3-11-15-5-6-20-11/h1-2,5-7,14H,3-4H2,(H2,13,17). The molecule has 0 atom stereocenters. The highest BCUT2D eigenvalue weighted by molar-refractivity contribution is 7.09. The number of primary amides is 1. The quantitative estimate of drug-likeness (QED) is 0.623. The van der Waals surface area contributed by atoms with Gasteiger partial charge >= 0.3 is 0 Å². The summed E-state index contributed by atoms with van der Waals surface area (Å²) in [4.78, 5) is 25.6. The van der Waals surface area contributed by atoms with E-state index in [-0.39, 0.29) is 11.3 Å². The number of hydrogen-bond donors (Lipinski definition) is 2. The molecule has 1 aromatic carbocycles. The fraction of sp³-hybridized carbons (Fsp3) is 0.167. The van der Waals surface area contributed by atoms with Crippen molar-refractivity contribution in [3.05, 3.63) is 50.5 Å². The number of benzene rings is 1. The van der Waals surface area contributed by atoms with Crippen molar-refractivity contribution >= 4 is 28.6 Å². The number of nitrogens with zero attached hydrogens (tertiary/aromatic N) is 2. The molecule has 0 aliphatic rings. The number of aromatic nitrogens is 1. The molecule has 0 bridgehead atoms. The highest BCUT2D eigenvalue weighted by atomic mass is 32.1. The van der Waals surface area contributed by atoms with Crippen LogP contribution in [0.5, 0.6) is 0 Å². The van der Waals surface area contributed by atoms with Gasteiger partial charge in [-0.3, -0.25) is 14.9 Å². The van der Waals surface area contributed by atoms with Crippen molar-refractivity contribution in [3.63, 3.8) is 0 Å². The van der Waals surface area contributed by atoms with Crippen LogP contribution in [-0.4, -0.2) is 22.4 Å². The number of carbonyl (C=O) groups excluding carboxylic acids is 1. The number of amides is 1. The van der Waals surface area contributed by atoms with Gasteiger partial charge < -0.3 is 11.1 Å². The first kappa shape index (κ1) is 13.9. The molecule has 104 valence electrons. The lowest BCUT2D eigenvalue weighted by Gasteiger charge is -2.07. The van der Waals surface area contributed by atoms with Crippen LogP contribution in [0.3, 0.4) is 0 Å². The van der Waals surface area contributed by atoms with Crippen molar-refractivity contribution in [1.29, 1.82) is 0 Å². The summed E-state index contributed by atoms with van der Waals surface area (Å²) in [6.07, 6.45) is 2.39. The Morgan fingerprint density at radius 1 is 1.50 bits per heavy atom. The highest BCUT2D eigenvalue weighted by Gasteiger charge is 2.16. The molecule has 2 aromatic rings. The minimum Gasteiger partial charge on any atom is -0.379 e. The van der Waals surface area contributed by atoms with Gasteiger partial charge in [0.15, 0.2) is 0 Å². The van der Waals surface area contributed by atoms with E-state index >= 15 is 0 Å². The number of nitrogens with two attached hydrogens (primary N) is 1. The predicted molar refractivity (Wildman–Crippen MR) is 75.9 cm³/mol. The maximum Gasteiger partial charge on any atom is 0.293 e. The van der Waals surface area contributed by atoms with Crippen LogP contribution < -0.4 is 11.1 Å². The lowest BCUT2D eigenvalue weighted by atomic mass is 10.1. The van der Waals surface area contributed by atoms with Crippen LogP contribution in [0.2, 0.25) is 0 Å². The fourth-order valence-corrected chi connectivity index (χ4v) is 2.29. The third-order valence-electron chi connectivity index (χ3n) is 2.62. The molecule has 0 aliphatic heterocycles. The van der Waals surface area contributed by atoms with E-state index in [1.807, 2.05) is 5.38 Å². The summed E-state index contributed by atoms with van der Waals surface area (Å²) in [5, 5.41) is 16.8. The minimum atomic E-state index is -0.692. The third-order valence-corrected chi connectivity index (χ3v) is 3.46. The number of nitro benzene ring substituents is 1. The molecule has 1 aromatic heterocycles. The lowest BCUT2D eigenvalue weighted by molar-refractivity contribution is -0.384. The summed E-state index contributed by atoms with van der Waals surface area (Å²) in [6.45, 7) is 0.518. The Labute approximate surface area is 118 Å². The molecule has 0 spiro atoms. The van der Waals surface area contributed by atoms with Gasteiger partial charge in [-0.2, -0.15) is 0 Å². The van der Waals surface area contributed by atoms with Crippen LogP contribution >= 0.6 is 11.3 Å². The number of hydrogen-bond acceptors (Lipinski definition) is 6. The van der Waals surface area contributed by atoms with Gasteiger partial charge in [0.25, 0.3) is 5.69 Å². The summed E-state index contributed by atoms with van der Waals surface area (Å²) >= 11 is 1.53. The molecule has 0 aliphatic carbocycles. The van der Waals surface area contributed by atoms with Crippen LogP contribution in [0.4, 0.5) is 11.4 Å². The first-order chi connectivity index (χ1) is 9.58. The molecule has 20 heavy (non-hydrogen) atoms. The Kier molecular flexibility index (Phi) is 4.26. The zero-order chi connectivity index (χ0) is 14.5. The SMILES string of the molecule is NC(=O)c1ccc(NCCc2nccs2)c([N+](=O)[O-])c1. The first-order valence-electron chi connectivity index (χ1n) is 5.78. The van der Waals surface area contributed by atoms with Crippen molar-refractivity contribution in [2.75, 3.05) is 11.9 Å². The smallest absolute Gasteiger partial charge is 0.293 e. The van der Waals surface area contributed by atoms with Crippen molar-refractivity contribution < 1.29 is 9.72 Å². The highest BCUT2D eigenvalue weighted by Crippen LogP contribution is 2.25. The van der Waals surface area contributed by atoms with Crippen LogP contribution in [0.15, 0.2) is 29.8 Å². The van der Waals surface area contributed by atoms with E-state index in [1.165, 1.54) is 29.5 Å². The second kappa shape index (κ2) is 6.11. The van der Waals surface area contributed by atoms with Crippen LogP contribution in [0, 0.1) is 10.1 Å². The topological polar surface area (TPSA) is 111 Å². The molecule has 1 heterocycles. The molecule has 7 nitrogen and oxygen atoms in total. The number of anilines is 1. The van der Waals surface area contributed by atoms with E-state index < -0.39 is 10.8 Å². The van der Waals surface area contributed by atoms with Crippen molar-refractivity contribution in [2.45, 2.75) is 6.42 Å². The summed E-state index contributed by atoms with van der Waals surface area (Å²) in [7, 11) is 0. The monoisotopic (exact) mass is 292 g/mol. The molecule has 3 N–H and O–H groups in total. The summed E-state index contributed by atoms with van der Waals surface area (Å²) in [5.41, 5.74) is 5.41. The second-order valence-electron chi connectivity index (χ2n) is 3.96. The van der Waals surface area contributed by atoms with E-state index in [2.05, 4.69) is 10.3 Å². The lowest BCUT2D eigenvalue weighted by Crippen LogP contribution is -2.12. The average Bonchev–Trinajstić information content (AvgIpc) is 2.91. The number of rotatable bonds is 6. The van der Waals surface area contributed by atoms with Gasteiger partial charge in [-0.1, -0.05) is 0 Å². The van der Waals surface area contributed by atoms with Crippen molar-refractivity contribution in [2.24, 2.45) is 5.73 Å². The minimum absolute atomic E-state index is 0.113. The summed E-state index contributed by atoms with van der Waals surface area (Å²) in [5.74, 6) is -0.692. The Morgan fingerprint density at radius 2 is 2.30 bits per heavy atom. The van der Waals surface area contributed by atoms with Crippen molar-refractivity contribution in [1.82, 2.24) is 4.98 Å². The van der Waals surface area contributed by atoms with Gasteiger partial charge in [-0.15, -0.1) is 11.3 Å². The van der Waals surface area contributed by atoms with E-state index in [0.717, 1.165) is 5.01 Å². The van der Waals surface area contributed by atoms with Crippen LogP contribution in [-0.2, 0) is 6.42 Å². The fourth-order valence-electron chi connectivity index (χ4n) is 1.67. The molecule has 1 amide bonds.